The number of nitrogens with one attached hydrogen (secondary N) is 1. The molecule has 1 aliphatic rings. The maximum absolute atomic E-state index is 12.1. The van der Waals surface area contributed by atoms with Crippen molar-refractivity contribution in [1.82, 2.24) is 5.32 Å². The van der Waals surface area contributed by atoms with Crippen LogP contribution >= 0.6 is 11.6 Å². The molecule has 2 rings (SSSR count). The lowest BCUT2D eigenvalue weighted by Crippen LogP contribution is -2.54. The summed E-state index contributed by atoms with van der Waals surface area (Å²) >= 11 is 5.90. The number of likely N-dealkylation sites (N-methyl/N-ethyl adjacent to an activating group) is 1. The molecule has 0 spiro atoms. The Morgan fingerprint density at radius 2 is 2.42 bits per heavy atom. The van der Waals surface area contributed by atoms with Gasteiger partial charge >= 0.3 is 0 Å². The zero-order valence-corrected chi connectivity index (χ0v) is 11.6. The highest BCUT2D eigenvalue weighted by molar-refractivity contribution is 6.31. The molecule has 1 unspecified atom stereocenters. The number of rotatable bonds is 3. The Bertz CT molecular complexity index is 467. The van der Waals surface area contributed by atoms with E-state index in [0.717, 1.165) is 5.69 Å². The highest BCUT2D eigenvalue weighted by Gasteiger charge is 2.30. The Morgan fingerprint density at radius 3 is 3.11 bits per heavy atom. The number of carbonyl (C=O) groups excluding carboxylic acids is 1. The molecule has 1 aromatic carbocycles. The minimum atomic E-state index is -0.350. The SMILES string of the molecule is CCNC(=O)C1COCCN1c1ccc(Cl)cc1N. The van der Waals surface area contributed by atoms with Gasteiger partial charge in [0.05, 0.1) is 24.6 Å². The molecule has 1 aliphatic heterocycles. The van der Waals surface area contributed by atoms with Crippen molar-refractivity contribution in [3.8, 4) is 0 Å². The van der Waals surface area contributed by atoms with E-state index in [0.29, 0.717) is 37.0 Å². The van der Waals surface area contributed by atoms with E-state index in [1.807, 2.05) is 17.9 Å². The highest BCUT2D eigenvalue weighted by atomic mass is 35.5. The monoisotopic (exact) mass is 283 g/mol. The minimum Gasteiger partial charge on any atom is -0.397 e. The predicted octanol–water partition coefficient (Wildman–Crippen LogP) is 1.26. The summed E-state index contributed by atoms with van der Waals surface area (Å²) in [6.45, 7) is 4.07. The van der Waals surface area contributed by atoms with Gasteiger partial charge in [-0.1, -0.05) is 11.6 Å². The molecule has 0 saturated carbocycles. The number of benzene rings is 1. The van der Waals surface area contributed by atoms with Gasteiger partial charge in [-0.25, -0.2) is 0 Å². The van der Waals surface area contributed by atoms with Crippen molar-refractivity contribution in [1.29, 1.82) is 0 Å². The number of nitrogens with two attached hydrogens (primary N) is 1. The fourth-order valence-corrected chi connectivity index (χ4v) is 2.37. The van der Waals surface area contributed by atoms with E-state index in [1.54, 1.807) is 12.1 Å². The molecule has 0 bridgehead atoms. The fraction of sp³-hybridized carbons (Fsp3) is 0.462. The summed E-state index contributed by atoms with van der Waals surface area (Å²) < 4.78 is 5.40. The molecule has 3 N–H and O–H groups in total. The average molecular weight is 284 g/mol. The van der Waals surface area contributed by atoms with Gasteiger partial charge in [-0.2, -0.15) is 0 Å². The van der Waals surface area contributed by atoms with E-state index >= 15 is 0 Å². The lowest BCUT2D eigenvalue weighted by Gasteiger charge is -2.36. The maximum atomic E-state index is 12.1. The number of nitrogens with zero attached hydrogens (tertiary/aromatic N) is 1. The molecule has 5 nitrogen and oxygen atoms in total. The summed E-state index contributed by atoms with van der Waals surface area (Å²) in [5, 5.41) is 3.41. The third-order valence-corrected chi connectivity index (χ3v) is 3.32. The number of halogens is 1. The van der Waals surface area contributed by atoms with Gasteiger partial charge in [0.15, 0.2) is 0 Å². The summed E-state index contributed by atoms with van der Waals surface area (Å²) in [6.07, 6.45) is 0. The van der Waals surface area contributed by atoms with Crippen molar-refractivity contribution in [2.75, 3.05) is 36.9 Å². The second-order valence-corrected chi connectivity index (χ2v) is 4.82. The van der Waals surface area contributed by atoms with Crippen LogP contribution in [-0.4, -0.2) is 38.3 Å². The molecule has 1 saturated heterocycles. The predicted molar refractivity (Wildman–Crippen MR) is 76.5 cm³/mol. The molecule has 0 aliphatic carbocycles. The normalized spacial score (nSPS) is 19.3. The minimum absolute atomic E-state index is 0.0449. The molecular formula is C13H18ClN3O2. The number of nitrogen functional groups attached to an aromatic ring is 1. The largest absolute Gasteiger partial charge is 0.397 e. The second kappa shape index (κ2) is 6.12. The summed E-state index contributed by atoms with van der Waals surface area (Å²) in [6, 6.07) is 4.96. The summed E-state index contributed by atoms with van der Waals surface area (Å²) in [4.78, 5) is 14.0. The molecule has 1 amide bonds. The van der Waals surface area contributed by atoms with Crippen LogP contribution in [0.1, 0.15) is 6.92 Å². The van der Waals surface area contributed by atoms with Crippen LogP contribution in [0.15, 0.2) is 18.2 Å². The Hall–Kier alpha value is -1.46. The first-order valence-electron chi connectivity index (χ1n) is 6.30. The average Bonchev–Trinajstić information content (AvgIpc) is 2.39. The van der Waals surface area contributed by atoms with Crippen molar-refractivity contribution in [3.05, 3.63) is 23.2 Å². The summed E-state index contributed by atoms with van der Waals surface area (Å²) in [5.41, 5.74) is 7.39. The maximum Gasteiger partial charge on any atom is 0.245 e. The van der Waals surface area contributed by atoms with Crippen LogP contribution in [0.3, 0.4) is 0 Å². The van der Waals surface area contributed by atoms with Crippen LogP contribution in [0.2, 0.25) is 5.02 Å². The van der Waals surface area contributed by atoms with Crippen LogP contribution in [0.5, 0.6) is 0 Å². The van der Waals surface area contributed by atoms with Crippen molar-refractivity contribution in [3.63, 3.8) is 0 Å². The Morgan fingerprint density at radius 1 is 1.63 bits per heavy atom. The number of anilines is 2. The summed E-state index contributed by atoms with van der Waals surface area (Å²) in [7, 11) is 0. The first kappa shape index (κ1) is 14.0. The van der Waals surface area contributed by atoms with Gasteiger partial charge < -0.3 is 20.7 Å². The van der Waals surface area contributed by atoms with Crippen molar-refractivity contribution >= 4 is 28.9 Å². The number of hydrogen-bond donors (Lipinski definition) is 2. The Labute approximate surface area is 117 Å². The van der Waals surface area contributed by atoms with E-state index in [1.165, 1.54) is 0 Å². The molecule has 1 aromatic rings. The molecule has 0 radical (unpaired) electrons. The topological polar surface area (TPSA) is 67.6 Å². The number of carbonyl (C=O) groups is 1. The van der Waals surface area contributed by atoms with E-state index in [4.69, 9.17) is 22.1 Å². The van der Waals surface area contributed by atoms with Gasteiger partial charge in [0.25, 0.3) is 0 Å². The van der Waals surface area contributed by atoms with E-state index in [2.05, 4.69) is 5.32 Å². The van der Waals surface area contributed by atoms with Gasteiger partial charge in [-0.05, 0) is 25.1 Å². The van der Waals surface area contributed by atoms with E-state index < -0.39 is 0 Å². The highest BCUT2D eigenvalue weighted by Crippen LogP contribution is 2.29. The molecule has 1 heterocycles. The standard InChI is InChI=1S/C13H18ClN3O2/c1-2-16-13(18)12-8-19-6-5-17(12)11-4-3-9(14)7-10(11)15/h3-4,7,12H,2,5-6,8,15H2,1H3,(H,16,18). The van der Waals surface area contributed by atoms with Gasteiger partial charge in [0.2, 0.25) is 5.91 Å². The van der Waals surface area contributed by atoms with Crippen LogP contribution in [0.25, 0.3) is 0 Å². The van der Waals surface area contributed by atoms with E-state index in [9.17, 15) is 4.79 Å². The van der Waals surface area contributed by atoms with Crippen LogP contribution in [-0.2, 0) is 9.53 Å². The van der Waals surface area contributed by atoms with Crippen molar-refractivity contribution in [2.24, 2.45) is 0 Å². The number of morpholine rings is 1. The third-order valence-electron chi connectivity index (χ3n) is 3.08. The molecule has 1 atom stereocenters. The lowest BCUT2D eigenvalue weighted by atomic mass is 10.1. The Kier molecular flexibility index (Phi) is 4.50. The molecule has 1 fully saturated rings. The molecular weight excluding hydrogens is 266 g/mol. The molecule has 104 valence electrons. The fourth-order valence-electron chi connectivity index (χ4n) is 2.19. The molecule has 19 heavy (non-hydrogen) atoms. The lowest BCUT2D eigenvalue weighted by molar-refractivity contribution is -0.124. The van der Waals surface area contributed by atoms with Gasteiger partial charge in [-0.3, -0.25) is 4.79 Å². The van der Waals surface area contributed by atoms with Crippen LogP contribution < -0.4 is 16.0 Å². The smallest absolute Gasteiger partial charge is 0.245 e. The zero-order valence-electron chi connectivity index (χ0n) is 10.9. The van der Waals surface area contributed by atoms with Crippen molar-refractivity contribution in [2.45, 2.75) is 13.0 Å². The van der Waals surface area contributed by atoms with Gasteiger partial charge in [0.1, 0.15) is 6.04 Å². The Balaban J connectivity index is 2.26. The van der Waals surface area contributed by atoms with Crippen LogP contribution in [0, 0.1) is 0 Å². The van der Waals surface area contributed by atoms with Gasteiger partial charge in [0, 0.05) is 18.1 Å². The quantitative estimate of drug-likeness (QED) is 0.820. The van der Waals surface area contributed by atoms with Gasteiger partial charge in [-0.15, -0.1) is 0 Å². The van der Waals surface area contributed by atoms with E-state index in [-0.39, 0.29) is 11.9 Å². The molecule has 0 aromatic heterocycles. The third kappa shape index (κ3) is 3.11. The van der Waals surface area contributed by atoms with Crippen molar-refractivity contribution < 1.29 is 9.53 Å². The number of amides is 1. The van der Waals surface area contributed by atoms with Crippen LogP contribution in [0.4, 0.5) is 11.4 Å². The number of ether oxygens (including phenoxy) is 1. The number of hydrogen-bond acceptors (Lipinski definition) is 4. The molecule has 6 heteroatoms. The first-order valence-corrected chi connectivity index (χ1v) is 6.68. The second-order valence-electron chi connectivity index (χ2n) is 4.38. The zero-order chi connectivity index (χ0) is 13.8. The first-order chi connectivity index (χ1) is 9.13. The summed E-state index contributed by atoms with van der Waals surface area (Å²) in [5.74, 6) is -0.0449.